The van der Waals surface area contributed by atoms with Crippen molar-refractivity contribution in [1.82, 2.24) is 0 Å². The van der Waals surface area contributed by atoms with Crippen LogP contribution in [-0.4, -0.2) is 0 Å². The lowest BCUT2D eigenvalue weighted by molar-refractivity contribution is 0.378. The first kappa shape index (κ1) is 10.3. The van der Waals surface area contributed by atoms with Crippen molar-refractivity contribution >= 4 is 0 Å². The van der Waals surface area contributed by atoms with Crippen molar-refractivity contribution in [1.29, 1.82) is 0 Å². The molecule has 0 spiro atoms. The van der Waals surface area contributed by atoms with E-state index in [9.17, 15) is 0 Å². The highest BCUT2D eigenvalue weighted by atomic mass is 14.1. The third-order valence-corrected chi connectivity index (χ3v) is 2.25. The van der Waals surface area contributed by atoms with Crippen molar-refractivity contribution < 1.29 is 0 Å². The standard InChI is InChI=1S/C13H20/c1-11-6-5-7-12(10-11)8-9-13(2,3)4/h5-7,10H,8-9H2,1-4H3. The SMILES string of the molecule is Cc1cccc(CCC(C)(C)C)c1. The summed E-state index contributed by atoms with van der Waals surface area (Å²) in [5.74, 6) is 0. The minimum Gasteiger partial charge on any atom is -0.0617 e. The number of hydrogen-bond donors (Lipinski definition) is 0. The van der Waals surface area contributed by atoms with Gasteiger partial charge in [-0.1, -0.05) is 50.6 Å². The Morgan fingerprint density at radius 3 is 2.38 bits per heavy atom. The van der Waals surface area contributed by atoms with Crippen LogP contribution in [0.25, 0.3) is 0 Å². The first-order valence-corrected chi connectivity index (χ1v) is 5.03. The molecular formula is C13H20. The maximum Gasteiger partial charge on any atom is -0.0274 e. The highest BCUT2D eigenvalue weighted by molar-refractivity contribution is 5.22. The van der Waals surface area contributed by atoms with E-state index in [1.165, 1.54) is 24.0 Å². The molecule has 0 atom stereocenters. The average molecular weight is 176 g/mol. The molecule has 1 aromatic rings. The van der Waals surface area contributed by atoms with Gasteiger partial charge in [0.15, 0.2) is 0 Å². The maximum atomic E-state index is 2.29. The van der Waals surface area contributed by atoms with E-state index >= 15 is 0 Å². The number of hydrogen-bond acceptors (Lipinski definition) is 0. The Morgan fingerprint density at radius 1 is 1.15 bits per heavy atom. The van der Waals surface area contributed by atoms with Crippen LogP contribution in [0.1, 0.15) is 38.3 Å². The maximum absolute atomic E-state index is 2.29. The van der Waals surface area contributed by atoms with Gasteiger partial charge in [-0.15, -0.1) is 0 Å². The Bertz CT molecular complexity index is 266. The molecular weight excluding hydrogens is 156 g/mol. The molecule has 0 saturated heterocycles. The summed E-state index contributed by atoms with van der Waals surface area (Å²) in [5.41, 5.74) is 3.28. The van der Waals surface area contributed by atoms with Gasteiger partial charge in [-0.05, 0) is 30.7 Å². The monoisotopic (exact) mass is 176 g/mol. The highest BCUT2D eigenvalue weighted by Gasteiger charge is 2.09. The third-order valence-electron chi connectivity index (χ3n) is 2.25. The zero-order valence-electron chi connectivity index (χ0n) is 9.22. The summed E-state index contributed by atoms with van der Waals surface area (Å²) >= 11 is 0. The molecule has 0 bridgehead atoms. The van der Waals surface area contributed by atoms with Crippen LogP contribution in [0.4, 0.5) is 0 Å². The van der Waals surface area contributed by atoms with Crippen LogP contribution in [-0.2, 0) is 6.42 Å². The summed E-state index contributed by atoms with van der Waals surface area (Å²) < 4.78 is 0. The van der Waals surface area contributed by atoms with Gasteiger partial charge in [-0.25, -0.2) is 0 Å². The molecule has 0 heterocycles. The zero-order valence-corrected chi connectivity index (χ0v) is 9.22. The van der Waals surface area contributed by atoms with Gasteiger partial charge < -0.3 is 0 Å². The van der Waals surface area contributed by atoms with E-state index in [-0.39, 0.29) is 0 Å². The van der Waals surface area contributed by atoms with Gasteiger partial charge in [0.1, 0.15) is 0 Å². The molecule has 13 heavy (non-hydrogen) atoms. The van der Waals surface area contributed by atoms with Crippen molar-refractivity contribution in [3.63, 3.8) is 0 Å². The zero-order chi connectivity index (χ0) is 9.90. The van der Waals surface area contributed by atoms with Gasteiger partial charge >= 0.3 is 0 Å². The number of rotatable bonds is 2. The van der Waals surface area contributed by atoms with Gasteiger partial charge in [0.25, 0.3) is 0 Å². The van der Waals surface area contributed by atoms with Crippen LogP contribution in [0.2, 0.25) is 0 Å². The summed E-state index contributed by atoms with van der Waals surface area (Å²) in [6.45, 7) is 9.04. The lowest BCUT2D eigenvalue weighted by Crippen LogP contribution is -2.06. The molecule has 0 fully saturated rings. The van der Waals surface area contributed by atoms with Crippen LogP contribution < -0.4 is 0 Å². The summed E-state index contributed by atoms with van der Waals surface area (Å²) in [5, 5.41) is 0. The summed E-state index contributed by atoms with van der Waals surface area (Å²) in [7, 11) is 0. The van der Waals surface area contributed by atoms with E-state index in [0.29, 0.717) is 5.41 Å². The van der Waals surface area contributed by atoms with Crippen LogP contribution in [0.15, 0.2) is 24.3 Å². The second kappa shape index (κ2) is 3.95. The normalized spacial score (nSPS) is 11.7. The van der Waals surface area contributed by atoms with Gasteiger partial charge in [0, 0.05) is 0 Å². The first-order chi connectivity index (χ1) is 5.97. The molecule has 0 N–H and O–H groups in total. The van der Waals surface area contributed by atoms with E-state index < -0.39 is 0 Å². The van der Waals surface area contributed by atoms with E-state index in [4.69, 9.17) is 0 Å². The second-order valence-corrected chi connectivity index (χ2v) is 5.05. The Balaban J connectivity index is 2.55. The Kier molecular flexibility index (Phi) is 3.13. The summed E-state index contributed by atoms with van der Waals surface area (Å²) in [6.07, 6.45) is 2.46. The largest absolute Gasteiger partial charge is 0.0617 e. The first-order valence-electron chi connectivity index (χ1n) is 5.03. The van der Waals surface area contributed by atoms with Gasteiger partial charge in [0.05, 0.1) is 0 Å². The lowest BCUT2D eigenvalue weighted by atomic mass is 9.88. The molecule has 0 aliphatic rings. The molecule has 0 amide bonds. The molecule has 0 aliphatic heterocycles. The van der Waals surface area contributed by atoms with E-state index in [0.717, 1.165) is 0 Å². The topological polar surface area (TPSA) is 0 Å². The molecule has 0 nitrogen and oxygen atoms in total. The van der Waals surface area contributed by atoms with Crippen molar-refractivity contribution in [3.8, 4) is 0 Å². The Hall–Kier alpha value is -0.780. The van der Waals surface area contributed by atoms with Crippen LogP contribution in [0.3, 0.4) is 0 Å². The van der Waals surface area contributed by atoms with Gasteiger partial charge in [-0.3, -0.25) is 0 Å². The lowest BCUT2D eigenvalue weighted by Gasteiger charge is -2.17. The van der Waals surface area contributed by atoms with Crippen molar-refractivity contribution in [2.45, 2.75) is 40.5 Å². The smallest absolute Gasteiger partial charge is 0.0274 e. The summed E-state index contributed by atoms with van der Waals surface area (Å²) in [4.78, 5) is 0. The number of aryl methyl sites for hydroxylation is 2. The Morgan fingerprint density at radius 2 is 1.85 bits per heavy atom. The highest BCUT2D eigenvalue weighted by Crippen LogP contribution is 2.21. The fourth-order valence-corrected chi connectivity index (χ4v) is 1.39. The van der Waals surface area contributed by atoms with Crippen LogP contribution in [0.5, 0.6) is 0 Å². The molecule has 72 valence electrons. The minimum atomic E-state index is 0.448. The Labute approximate surface area is 82.0 Å². The van der Waals surface area contributed by atoms with Crippen molar-refractivity contribution in [2.24, 2.45) is 5.41 Å². The van der Waals surface area contributed by atoms with E-state index in [1.807, 2.05) is 0 Å². The third kappa shape index (κ3) is 4.12. The minimum absolute atomic E-state index is 0.448. The van der Waals surface area contributed by atoms with E-state index in [2.05, 4.69) is 52.0 Å². The van der Waals surface area contributed by atoms with Crippen LogP contribution >= 0.6 is 0 Å². The van der Waals surface area contributed by atoms with Crippen molar-refractivity contribution in [3.05, 3.63) is 35.4 Å². The molecule has 1 aromatic carbocycles. The molecule has 1 rings (SSSR count). The second-order valence-electron chi connectivity index (χ2n) is 5.05. The van der Waals surface area contributed by atoms with E-state index in [1.54, 1.807) is 0 Å². The molecule has 0 aliphatic carbocycles. The fourth-order valence-electron chi connectivity index (χ4n) is 1.39. The molecule has 0 heteroatoms. The van der Waals surface area contributed by atoms with Crippen molar-refractivity contribution in [2.75, 3.05) is 0 Å². The molecule has 0 radical (unpaired) electrons. The summed E-state index contributed by atoms with van der Waals surface area (Å²) in [6, 6.07) is 8.80. The number of benzene rings is 1. The molecule has 0 unspecified atom stereocenters. The molecule has 0 aromatic heterocycles. The fraction of sp³-hybridized carbons (Fsp3) is 0.538. The molecule has 0 saturated carbocycles. The van der Waals surface area contributed by atoms with Crippen LogP contribution in [0, 0.1) is 12.3 Å². The van der Waals surface area contributed by atoms with Gasteiger partial charge in [-0.2, -0.15) is 0 Å². The average Bonchev–Trinajstić information content (AvgIpc) is 2.00. The predicted molar refractivity (Wildman–Crippen MR) is 59.0 cm³/mol. The predicted octanol–water partition coefficient (Wildman–Crippen LogP) is 3.97. The quantitative estimate of drug-likeness (QED) is 0.639. The van der Waals surface area contributed by atoms with Gasteiger partial charge in [0.2, 0.25) is 0 Å².